The zero-order valence-electron chi connectivity index (χ0n) is 15.1. The maximum atomic E-state index is 12.0. The summed E-state index contributed by atoms with van der Waals surface area (Å²) in [4.78, 5) is 35.8. The highest BCUT2D eigenvalue weighted by Crippen LogP contribution is 2.30. The summed E-state index contributed by atoms with van der Waals surface area (Å²) in [5, 5.41) is 37.6. The van der Waals surface area contributed by atoms with E-state index in [9.17, 15) is 24.6 Å². The van der Waals surface area contributed by atoms with Gasteiger partial charge >= 0.3 is 13.1 Å². The maximum absolute atomic E-state index is 12.0. The van der Waals surface area contributed by atoms with E-state index in [0.29, 0.717) is 0 Å². The lowest BCUT2D eigenvalue weighted by Gasteiger charge is -2.41. The molecule has 0 radical (unpaired) electrons. The molecule has 1 saturated heterocycles. The molecule has 0 aromatic rings. The third kappa shape index (κ3) is 5.32. The number of carboxylic acids is 1. The third-order valence-electron chi connectivity index (χ3n) is 4.64. The largest absolute Gasteiger partial charge is 0.486 e. The van der Waals surface area contributed by atoms with Gasteiger partial charge in [0.2, 0.25) is 11.8 Å². The lowest BCUT2D eigenvalue weighted by atomic mass is 9.77. The van der Waals surface area contributed by atoms with Crippen molar-refractivity contribution in [1.29, 1.82) is 0 Å². The summed E-state index contributed by atoms with van der Waals surface area (Å²) < 4.78 is 5.61. The van der Waals surface area contributed by atoms with Crippen molar-refractivity contribution in [3.8, 4) is 0 Å². The van der Waals surface area contributed by atoms with E-state index < -0.39 is 49.1 Å². The van der Waals surface area contributed by atoms with Crippen LogP contribution in [0.1, 0.15) is 12.8 Å². The van der Waals surface area contributed by atoms with E-state index in [0.717, 1.165) is 0 Å². The van der Waals surface area contributed by atoms with E-state index in [1.165, 1.54) is 11.0 Å². The Morgan fingerprint density at radius 2 is 1.96 bits per heavy atom. The van der Waals surface area contributed by atoms with E-state index >= 15 is 0 Å². The van der Waals surface area contributed by atoms with Crippen molar-refractivity contribution in [3.63, 3.8) is 0 Å². The number of nitrogens with zero attached hydrogens (tertiary/aromatic N) is 1. The molecule has 8 N–H and O–H groups in total. The first kappa shape index (κ1) is 21.9. The van der Waals surface area contributed by atoms with Crippen LogP contribution in [-0.4, -0.2) is 81.4 Å². The molecule has 0 saturated carbocycles. The number of carboxylic acid groups (broad SMARTS) is 1. The van der Waals surface area contributed by atoms with Gasteiger partial charge in [-0.05, 0) is 18.8 Å². The topological polar surface area (TPSA) is 197 Å². The predicted octanol–water partition coefficient (Wildman–Crippen LogP) is -2.83. The number of aliphatic hydroxyl groups is 1. The molecule has 154 valence electrons. The van der Waals surface area contributed by atoms with Gasteiger partial charge in [0.1, 0.15) is 17.4 Å². The molecule has 28 heavy (non-hydrogen) atoms. The van der Waals surface area contributed by atoms with E-state index in [1.807, 2.05) is 0 Å². The van der Waals surface area contributed by atoms with Crippen molar-refractivity contribution < 1.29 is 39.4 Å². The number of amides is 2. The molecule has 2 unspecified atom stereocenters. The minimum Gasteiger partial charge on any atom is -0.486 e. The predicted molar refractivity (Wildman–Crippen MR) is 96.2 cm³/mol. The number of carbonyl (C=O) groups is 3. The van der Waals surface area contributed by atoms with Crippen LogP contribution in [0.5, 0.6) is 0 Å². The summed E-state index contributed by atoms with van der Waals surface area (Å²) in [6.45, 7) is 0.317. The molecule has 3 atom stereocenters. The highest BCUT2D eigenvalue weighted by Gasteiger charge is 2.38. The minimum atomic E-state index is -1.55. The molecular weight excluding hydrogens is 373 g/mol. The van der Waals surface area contributed by atoms with Crippen LogP contribution in [0.4, 0.5) is 0 Å². The number of allylic oxidation sites excluding steroid dienone is 1. The average Bonchev–Trinajstić information content (AvgIpc) is 2.55. The number of hydrogen-bond acceptors (Lipinski definition) is 8. The summed E-state index contributed by atoms with van der Waals surface area (Å²) in [5.74, 6) is -3.09. The number of ether oxygens (including phenoxy) is 1. The van der Waals surface area contributed by atoms with Crippen LogP contribution >= 0.6 is 0 Å². The number of aliphatic hydroxyl groups excluding tert-OH is 1. The molecule has 1 aliphatic heterocycles. The van der Waals surface area contributed by atoms with Gasteiger partial charge in [0.25, 0.3) is 0 Å². The van der Waals surface area contributed by atoms with Gasteiger partial charge in [0.05, 0.1) is 31.7 Å². The second kappa shape index (κ2) is 9.19. The molecular formula is C16H24BN3O8. The Labute approximate surface area is 161 Å². The minimum absolute atomic E-state index is 0.0135. The molecule has 11 nitrogen and oxygen atoms in total. The van der Waals surface area contributed by atoms with Crippen LogP contribution in [0.2, 0.25) is 6.32 Å². The molecule has 2 rings (SSSR count). The number of carbonyl (C=O) groups excluding carboxylic acids is 2. The standard InChI is InChI=1S/C16H24BN3O8/c18-10(5-12(19)21)15(23)20-6-9(7-20)28-11-2-1-8(3-4-17(26)27)14(22)13(11)16(24)25/h1-2,8-10,14,22,26-27H,3-7,18H2,(H2,19,21)(H,24,25)/t8?,10-,14?/m1/s1. The number of primary amides is 1. The summed E-state index contributed by atoms with van der Waals surface area (Å²) in [6.07, 6.45) is 1.03. The highest BCUT2D eigenvalue weighted by molar-refractivity contribution is 6.40. The molecule has 2 amide bonds. The lowest BCUT2D eigenvalue weighted by Crippen LogP contribution is -2.59. The van der Waals surface area contributed by atoms with E-state index in [4.69, 9.17) is 26.3 Å². The molecule has 1 heterocycles. The monoisotopic (exact) mass is 397 g/mol. The molecule has 0 aromatic heterocycles. The molecule has 12 heteroatoms. The van der Waals surface area contributed by atoms with Crippen molar-refractivity contribution in [2.75, 3.05) is 13.1 Å². The summed E-state index contributed by atoms with van der Waals surface area (Å²) in [5.41, 5.74) is 10.3. The lowest BCUT2D eigenvalue weighted by molar-refractivity contribution is -0.145. The van der Waals surface area contributed by atoms with Crippen LogP contribution in [0.15, 0.2) is 23.5 Å². The van der Waals surface area contributed by atoms with Crippen molar-refractivity contribution in [1.82, 2.24) is 4.90 Å². The first-order valence-corrected chi connectivity index (χ1v) is 8.79. The SMILES string of the molecule is NC(=O)C[C@@H](N)C(=O)N1CC(OC2=C(C(=O)O)C(O)C(CCB(O)O)C=C2)C1. The van der Waals surface area contributed by atoms with Gasteiger partial charge in [-0.15, -0.1) is 0 Å². The molecule has 0 aromatic carbocycles. The average molecular weight is 397 g/mol. The Kier molecular flexibility index (Phi) is 7.19. The Balaban J connectivity index is 1.96. The summed E-state index contributed by atoms with van der Waals surface area (Å²) in [6, 6.07) is -1.04. The zero-order chi connectivity index (χ0) is 21.0. The summed E-state index contributed by atoms with van der Waals surface area (Å²) >= 11 is 0. The Bertz CT molecular complexity index is 689. The molecule has 1 fully saturated rings. The second-order valence-electron chi connectivity index (χ2n) is 6.87. The Hall–Kier alpha value is -2.41. The first-order valence-electron chi connectivity index (χ1n) is 8.79. The molecule has 0 spiro atoms. The number of hydrogen-bond donors (Lipinski definition) is 6. The van der Waals surface area contributed by atoms with Crippen LogP contribution < -0.4 is 11.5 Å². The van der Waals surface area contributed by atoms with Gasteiger partial charge in [-0.2, -0.15) is 0 Å². The van der Waals surface area contributed by atoms with Crippen LogP contribution in [0, 0.1) is 5.92 Å². The maximum Gasteiger partial charge on any atom is 0.451 e. The molecule has 0 bridgehead atoms. The Morgan fingerprint density at radius 3 is 2.50 bits per heavy atom. The molecule has 1 aliphatic carbocycles. The smallest absolute Gasteiger partial charge is 0.451 e. The highest BCUT2D eigenvalue weighted by atomic mass is 16.5. The fourth-order valence-corrected chi connectivity index (χ4v) is 3.11. The number of nitrogens with two attached hydrogens (primary N) is 2. The Morgan fingerprint density at radius 1 is 1.32 bits per heavy atom. The van der Waals surface area contributed by atoms with Crippen molar-refractivity contribution in [2.45, 2.75) is 37.4 Å². The third-order valence-corrected chi connectivity index (χ3v) is 4.64. The second-order valence-corrected chi connectivity index (χ2v) is 6.87. The van der Waals surface area contributed by atoms with Crippen LogP contribution in [0.25, 0.3) is 0 Å². The molecule has 2 aliphatic rings. The van der Waals surface area contributed by atoms with Crippen molar-refractivity contribution >= 4 is 24.9 Å². The number of rotatable bonds is 9. The van der Waals surface area contributed by atoms with E-state index in [-0.39, 0.29) is 43.6 Å². The zero-order valence-corrected chi connectivity index (χ0v) is 15.1. The van der Waals surface area contributed by atoms with Gasteiger partial charge in [-0.3, -0.25) is 9.59 Å². The van der Waals surface area contributed by atoms with Crippen LogP contribution in [-0.2, 0) is 19.1 Å². The fraction of sp³-hybridized carbons (Fsp3) is 0.562. The van der Waals surface area contributed by atoms with Gasteiger partial charge < -0.3 is 41.4 Å². The normalized spacial score (nSPS) is 23.2. The number of aliphatic carboxylic acids is 1. The summed E-state index contributed by atoms with van der Waals surface area (Å²) in [7, 11) is -1.55. The van der Waals surface area contributed by atoms with Crippen LogP contribution in [0.3, 0.4) is 0 Å². The van der Waals surface area contributed by atoms with Gasteiger partial charge in [0, 0.05) is 5.92 Å². The van der Waals surface area contributed by atoms with Crippen molar-refractivity contribution in [3.05, 3.63) is 23.5 Å². The van der Waals surface area contributed by atoms with Gasteiger partial charge in [-0.1, -0.05) is 6.08 Å². The van der Waals surface area contributed by atoms with E-state index in [1.54, 1.807) is 6.08 Å². The first-order chi connectivity index (χ1) is 13.1. The van der Waals surface area contributed by atoms with Gasteiger partial charge in [-0.25, -0.2) is 4.79 Å². The fourth-order valence-electron chi connectivity index (χ4n) is 3.11. The van der Waals surface area contributed by atoms with E-state index in [2.05, 4.69) is 0 Å². The van der Waals surface area contributed by atoms with Gasteiger partial charge in [0.15, 0.2) is 0 Å². The number of likely N-dealkylation sites (tertiary alicyclic amines) is 1. The quantitative estimate of drug-likeness (QED) is 0.222. The van der Waals surface area contributed by atoms with Crippen molar-refractivity contribution in [2.24, 2.45) is 17.4 Å².